The van der Waals surface area contributed by atoms with E-state index in [4.69, 9.17) is 14.2 Å². The second-order valence-corrected chi connectivity index (χ2v) is 5.92. The van der Waals surface area contributed by atoms with E-state index >= 15 is 0 Å². The zero-order valence-corrected chi connectivity index (χ0v) is 13.3. The quantitative estimate of drug-likeness (QED) is 0.616. The van der Waals surface area contributed by atoms with Crippen molar-refractivity contribution in [2.24, 2.45) is 0 Å². The van der Waals surface area contributed by atoms with Crippen molar-refractivity contribution in [2.75, 3.05) is 46.6 Å². The first-order chi connectivity index (χ1) is 11.2. The van der Waals surface area contributed by atoms with Crippen LogP contribution in [0, 0.1) is 10.1 Å². The minimum Gasteiger partial charge on any atom is -0.490 e. The first-order valence-electron chi connectivity index (χ1n) is 7.93. The van der Waals surface area contributed by atoms with Gasteiger partial charge in [0.1, 0.15) is 0 Å². The number of hydrogen-bond acceptors (Lipinski definition) is 6. The fourth-order valence-corrected chi connectivity index (χ4v) is 3.21. The first-order valence-corrected chi connectivity index (χ1v) is 7.93. The van der Waals surface area contributed by atoms with Crippen LogP contribution in [-0.2, 0) is 22.3 Å². The van der Waals surface area contributed by atoms with E-state index in [1.807, 2.05) is 6.07 Å². The van der Waals surface area contributed by atoms with Gasteiger partial charge in [0.15, 0.2) is 5.75 Å². The Labute approximate surface area is 135 Å². The van der Waals surface area contributed by atoms with Gasteiger partial charge in [0.05, 0.1) is 38.0 Å². The van der Waals surface area contributed by atoms with Gasteiger partial charge in [0.2, 0.25) is 0 Å². The highest BCUT2D eigenvalue weighted by molar-refractivity contribution is 5.52. The number of methoxy groups -OCH3 is 1. The van der Waals surface area contributed by atoms with Crippen LogP contribution in [0.3, 0.4) is 0 Å². The molecule has 0 bridgehead atoms. The molecule has 0 aromatic heterocycles. The zero-order chi connectivity index (χ0) is 16.2. The number of nitro benzene ring substituents is 1. The summed E-state index contributed by atoms with van der Waals surface area (Å²) in [7, 11) is 1.47. The van der Waals surface area contributed by atoms with E-state index in [0.29, 0.717) is 25.6 Å². The van der Waals surface area contributed by atoms with Crippen molar-refractivity contribution in [1.82, 2.24) is 4.90 Å². The van der Waals surface area contributed by atoms with Gasteiger partial charge in [-0.2, -0.15) is 0 Å². The minimum absolute atomic E-state index is 0.0451. The standard InChI is InChI=1S/C16H22N2O5/c1-21-16-9-13-3-5-17(10-14-11-22-6-7-23-14)4-2-12(13)8-15(16)18(19)20/h8-9,14H,2-7,10-11H2,1H3. The van der Waals surface area contributed by atoms with Gasteiger partial charge in [-0.25, -0.2) is 0 Å². The number of nitro groups is 1. The molecule has 0 aliphatic carbocycles. The van der Waals surface area contributed by atoms with Gasteiger partial charge in [-0.15, -0.1) is 0 Å². The highest BCUT2D eigenvalue weighted by atomic mass is 16.6. The average Bonchev–Trinajstić information content (AvgIpc) is 2.76. The molecule has 2 heterocycles. The lowest BCUT2D eigenvalue weighted by atomic mass is 10.0. The molecule has 1 unspecified atom stereocenters. The molecular formula is C16H22N2O5. The molecule has 0 spiro atoms. The summed E-state index contributed by atoms with van der Waals surface area (Å²) in [6.45, 7) is 4.59. The molecular weight excluding hydrogens is 300 g/mol. The maximum Gasteiger partial charge on any atom is 0.311 e. The van der Waals surface area contributed by atoms with Gasteiger partial charge in [-0.1, -0.05) is 0 Å². The van der Waals surface area contributed by atoms with Gasteiger partial charge in [-0.3, -0.25) is 10.1 Å². The van der Waals surface area contributed by atoms with Crippen molar-refractivity contribution >= 4 is 5.69 Å². The summed E-state index contributed by atoms with van der Waals surface area (Å²) in [6.07, 6.45) is 1.78. The Hall–Kier alpha value is -1.70. The largest absolute Gasteiger partial charge is 0.490 e. The van der Waals surface area contributed by atoms with Gasteiger partial charge >= 0.3 is 5.69 Å². The second kappa shape index (κ2) is 7.25. The van der Waals surface area contributed by atoms with Crippen LogP contribution in [0.4, 0.5) is 5.69 Å². The maximum atomic E-state index is 11.2. The minimum atomic E-state index is -0.380. The van der Waals surface area contributed by atoms with E-state index in [2.05, 4.69) is 4.90 Å². The normalized spacial score (nSPS) is 22.2. The summed E-state index contributed by atoms with van der Waals surface area (Å²) in [4.78, 5) is 13.1. The van der Waals surface area contributed by atoms with Crippen molar-refractivity contribution in [3.8, 4) is 5.75 Å². The zero-order valence-electron chi connectivity index (χ0n) is 13.3. The number of benzene rings is 1. The highest BCUT2D eigenvalue weighted by Crippen LogP contribution is 2.32. The topological polar surface area (TPSA) is 74.1 Å². The molecule has 126 valence electrons. The SMILES string of the molecule is COc1cc2c(cc1[N+](=O)[O-])CCN(CC1COCCO1)CC2. The molecule has 23 heavy (non-hydrogen) atoms. The van der Waals surface area contributed by atoms with Gasteiger partial charge < -0.3 is 19.1 Å². The Kier molecular flexibility index (Phi) is 5.09. The molecule has 3 rings (SSSR count). The van der Waals surface area contributed by atoms with E-state index in [1.54, 1.807) is 6.07 Å². The molecule has 1 aromatic carbocycles. The smallest absolute Gasteiger partial charge is 0.311 e. The average molecular weight is 322 g/mol. The molecule has 1 aromatic rings. The summed E-state index contributed by atoms with van der Waals surface area (Å²) in [5.41, 5.74) is 2.22. The van der Waals surface area contributed by atoms with E-state index < -0.39 is 0 Å². The third kappa shape index (κ3) is 3.80. The lowest BCUT2D eigenvalue weighted by Gasteiger charge is -2.28. The van der Waals surface area contributed by atoms with E-state index in [0.717, 1.165) is 43.6 Å². The Balaban J connectivity index is 1.70. The number of fused-ring (bicyclic) bond motifs is 1. The fraction of sp³-hybridized carbons (Fsp3) is 0.625. The highest BCUT2D eigenvalue weighted by Gasteiger charge is 2.24. The van der Waals surface area contributed by atoms with Crippen LogP contribution in [0.2, 0.25) is 0 Å². The van der Waals surface area contributed by atoms with Crippen LogP contribution >= 0.6 is 0 Å². The first kappa shape index (κ1) is 16.2. The summed E-state index contributed by atoms with van der Waals surface area (Å²) in [5.74, 6) is 0.339. The van der Waals surface area contributed by atoms with Crippen LogP contribution in [0.15, 0.2) is 12.1 Å². The Bertz CT molecular complexity index is 572. The number of hydrogen-bond donors (Lipinski definition) is 0. The molecule has 0 N–H and O–H groups in total. The third-order valence-corrected chi connectivity index (χ3v) is 4.44. The Morgan fingerprint density at radius 3 is 2.65 bits per heavy atom. The molecule has 2 aliphatic rings. The lowest BCUT2D eigenvalue weighted by Crippen LogP contribution is -2.41. The second-order valence-electron chi connectivity index (χ2n) is 5.92. The third-order valence-electron chi connectivity index (χ3n) is 4.44. The fourth-order valence-electron chi connectivity index (χ4n) is 3.21. The molecule has 0 amide bonds. The molecule has 1 fully saturated rings. The predicted molar refractivity (Wildman–Crippen MR) is 84.1 cm³/mol. The summed E-state index contributed by atoms with van der Waals surface area (Å²) in [5, 5.41) is 11.2. The maximum absolute atomic E-state index is 11.2. The van der Waals surface area contributed by atoms with Crippen LogP contribution in [0.1, 0.15) is 11.1 Å². The molecule has 7 nitrogen and oxygen atoms in total. The van der Waals surface area contributed by atoms with Crippen molar-refractivity contribution in [2.45, 2.75) is 18.9 Å². The molecule has 1 atom stereocenters. The van der Waals surface area contributed by atoms with Crippen LogP contribution in [-0.4, -0.2) is 62.5 Å². The van der Waals surface area contributed by atoms with E-state index in [9.17, 15) is 10.1 Å². The molecule has 7 heteroatoms. The van der Waals surface area contributed by atoms with Crippen molar-refractivity contribution < 1.29 is 19.1 Å². The molecule has 0 saturated carbocycles. The number of rotatable bonds is 4. The monoisotopic (exact) mass is 322 g/mol. The van der Waals surface area contributed by atoms with Crippen molar-refractivity contribution in [3.63, 3.8) is 0 Å². The van der Waals surface area contributed by atoms with Gasteiger partial charge in [0.25, 0.3) is 0 Å². The molecule has 1 saturated heterocycles. The van der Waals surface area contributed by atoms with Gasteiger partial charge in [-0.05, 0) is 30.0 Å². The van der Waals surface area contributed by atoms with Gasteiger partial charge in [0, 0.05) is 25.7 Å². The summed E-state index contributed by atoms with van der Waals surface area (Å²) < 4.78 is 16.3. The van der Waals surface area contributed by atoms with Crippen LogP contribution in [0.5, 0.6) is 5.75 Å². The summed E-state index contributed by atoms with van der Waals surface area (Å²) in [6, 6.07) is 3.48. The van der Waals surface area contributed by atoms with Crippen molar-refractivity contribution in [3.05, 3.63) is 33.4 Å². The van der Waals surface area contributed by atoms with Crippen molar-refractivity contribution in [1.29, 1.82) is 0 Å². The lowest BCUT2D eigenvalue weighted by molar-refractivity contribution is -0.385. The number of ether oxygens (including phenoxy) is 3. The van der Waals surface area contributed by atoms with E-state index in [1.165, 1.54) is 7.11 Å². The van der Waals surface area contributed by atoms with E-state index in [-0.39, 0.29) is 16.7 Å². The summed E-state index contributed by atoms with van der Waals surface area (Å²) >= 11 is 0. The van der Waals surface area contributed by atoms with Crippen LogP contribution < -0.4 is 4.74 Å². The predicted octanol–water partition coefficient (Wildman–Crippen LogP) is 1.42. The molecule has 2 aliphatic heterocycles. The van der Waals surface area contributed by atoms with Crippen LogP contribution in [0.25, 0.3) is 0 Å². The Morgan fingerprint density at radius 2 is 2.04 bits per heavy atom. The molecule has 0 radical (unpaired) electrons. The number of nitrogens with zero attached hydrogens (tertiary/aromatic N) is 2. The Morgan fingerprint density at radius 1 is 1.30 bits per heavy atom.